The smallest absolute Gasteiger partial charge is 0.219 e. The van der Waals surface area contributed by atoms with Crippen LogP contribution in [0.4, 0.5) is 4.39 Å². The molecule has 39 heavy (non-hydrogen) atoms. The summed E-state index contributed by atoms with van der Waals surface area (Å²) < 4.78 is 21.7. The third kappa shape index (κ3) is 6.50. The molecular formula is C31H32FN3O3S. The van der Waals surface area contributed by atoms with E-state index in [0.29, 0.717) is 30.2 Å². The number of hydrogen-bond donors (Lipinski definition) is 0. The first-order valence-corrected chi connectivity index (χ1v) is 14.2. The van der Waals surface area contributed by atoms with E-state index in [2.05, 4.69) is 16.9 Å². The number of carbonyl (C=O) groups is 2. The predicted octanol–water partition coefficient (Wildman–Crippen LogP) is 7.35. The number of fused-ring (bicyclic) bond motifs is 1. The summed E-state index contributed by atoms with van der Waals surface area (Å²) >= 11 is 1.48. The first-order chi connectivity index (χ1) is 18.8. The Labute approximate surface area is 231 Å². The number of pyridine rings is 2. The van der Waals surface area contributed by atoms with Crippen molar-refractivity contribution >= 4 is 33.2 Å². The van der Waals surface area contributed by atoms with Crippen molar-refractivity contribution in [1.82, 2.24) is 14.9 Å². The number of carbonyl (C=O) groups excluding carboxylic acids is 2. The highest BCUT2D eigenvalue weighted by Gasteiger charge is 2.24. The van der Waals surface area contributed by atoms with Crippen molar-refractivity contribution in [2.75, 3.05) is 0 Å². The van der Waals surface area contributed by atoms with E-state index in [-0.39, 0.29) is 29.9 Å². The Hall–Kier alpha value is -3.65. The number of rotatable bonds is 11. The first-order valence-electron chi connectivity index (χ1n) is 13.4. The van der Waals surface area contributed by atoms with E-state index in [9.17, 15) is 14.0 Å². The van der Waals surface area contributed by atoms with E-state index < -0.39 is 5.82 Å². The molecule has 1 aliphatic carbocycles. The number of Topliss-reactive ketones (excluding diaryl/α,β-unsaturated/α-hetero) is 1. The molecule has 0 bridgehead atoms. The average Bonchev–Trinajstić information content (AvgIpc) is 3.62. The lowest BCUT2D eigenvalue weighted by Gasteiger charge is -2.27. The van der Waals surface area contributed by atoms with Crippen LogP contribution in [-0.2, 0) is 22.6 Å². The molecule has 8 heteroatoms. The lowest BCUT2D eigenvalue weighted by atomic mass is 10.0. The van der Waals surface area contributed by atoms with Crippen LogP contribution in [0.1, 0.15) is 57.6 Å². The van der Waals surface area contributed by atoms with Crippen molar-refractivity contribution < 1.29 is 18.7 Å². The van der Waals surface area contributed by atoms with Gasteiger partial charge in [0.1, 0.15) is 11.5 Å². The van der Waals surface area contributed by atoms with Crippen LogP contribution in [0.25, 0.3) is 20.8 Å². The number of benzene rings is 1. The topological polar surface area (TPSA) is 72.4 Å². The normalized spacial score (nSPS) is 13.8. The molecule has 1 atom stereocenters. The molecule has 0 saturated heterocycles. The zero-order valence-electron chi connectivity index (χ0n) is 22.4. The van der Waals surface area contributed by atoms with Crippen LogP contribution in [0.3, 0.4) is 0 Å². The molecule has 5 rings (SSSR count). The van der Waals surface area contributed by atoms with Crippen LogP contribution in [-0.4, -0.2) is 32.6 Å². The average molecular weight is 546 g/mol. The molecule has 3 aromatic heterocycles. The van der Waals surface area contributed by atoms with Crippen LogP contribution < -0.4 is 4.74 Å². The van der Waals surface area contributed by atoms with Gasteiger partial charge >= 0.3 is 0 Å². The second-order valence-electron chi connectivity index (χ2n) is 10.3. The highest BCUT2D eigenvalue weighted by atomic mass is 32.1. The minimum Gasteiger partial charge on any atom is -0.453 e. The Morgan fingerprint density at radius 1 is 1.10 bits per heavy atom. The van der Waals surface area contributed by atoms with Gasteiger partial charge in [-0.15, -0.1) is 11.3 Å². The van der Waals surface area contributed by atoms with Gasteiger partial charge in [0, 0.05) is 50.8 Å². The number of aromatic nitrogens is 2. The van der Waals surface area contributed by atoms with Gasteiger partial charge in [-0.2, -0.15) is 0 Å². The molecule has 0 aliphatic heterocycles. The molecule has 202 valence electrons. The largest absolute Gasteiger partial charge is 0.453 e. The number of hydrogen-bond acceptors (Lipinski definition) is 6. The fourth-order valence-corrected chi connectivity index (χ4v) is 5.62. The van der Waals surface area contributed by atoms with E-state index in [1.165, 1.54) is 17.4 Å². The van der Waals surface area contributed by atoms with Crippen molar-refractivity contribution in [1.29, 1.82) is 0 Å². The Morgan fingerprint density at radius 3 is 2.56 bits per heavy atom. The van der Waals surface area contributed by atoms with Crippen LogP contribution >= 0.6 is 11.3 Å². The quantitative estimate of drug-likeness (QED) is 0.197. The summed E-state index contributed by atoms with van der Waals surface area (Å²) in [6.45, 7) is 6.22. The molecule has 0 unspecified atom stereocenters. The molecular weight excluding hydrogens is 513 g/mol. The molecule has 1 amide bonds. The lowest BCUT2D eigenvalue weighted by Crippen LogP contribution is -2.36. The minimum absolute atomic E-state index is 0.0460. The fourth-order valence-electron chi connectivity index (χ4n) is 4.58. The van der Waals surface area contributed by atoms with Gasteiger partial charge in [-0.05, 0) is 67.5 Å². The summed E-state index contributed by atoms with van der Waals surface area (Å²) in [6.07, 6.45) is 7.40. The fraction of sp³-hybridized carbons (Fsp3) is 0.355. The van der Waals surface area contributed by atoms with Gasteiger partial charge in [0.05, 0.1) is 20.8 Å². The maximum atomic E-state index is 14.9. The molecule has 0 spiro atoms. The molecule has 3 heterocycles. The monoisotopic (exact) mass is 545 g/mol. The molecule has 1 aromatic carbocycles. The Balaban J connectivity index is 1.32. The van der Waals surface area contributed by atoms with Crippen LogP contribution in [0.2, 0.25) is 0 Å². The van der Waals surface area contributed by atoms with Gasteiger partial charge in [0.15, 0.2) is 11.6 Å². The molecule has 1 aliphatic rings. The molecule has 1 saturated carbocycles. The van der Waals surface area contributed by atoms with E-state index in [1.54, 1.807) is 37.5 Å². The number of ketones is 1. The SMILES string of the molecule is CC[C@H](C)N(Cc1ccc(-c2cc3nccc(Oc4ccc(CC(=O)CC5CC5)cc4F)c3s2)nc1)C(C)=O. The predicted molar refractivity (Wildman–Crippen MR) is 151 cm³/mol. The lowest BCUT2D eigenvalue weighted by molar-refractivity contribution is -0.131. The maximum absolute atomic E-state index is 14.9. The van der Waals surface area contributed by atoms with Crippen molar-refractivity contribution in [2.45, 2.75) is 65.5 Å². The zero-order chi connectivity index (χ0) is 27.5. The van der Waals surface area contributed by atoms with Crippen molar-refractivity contribution in [3.05, 3.63) is 71.8 Å². The third-order valence-corrected chi connectivity index (χ3v) is 8.33. The third-order valence-electron chi connectivity index (χ3n) is 7.16. The van der Waals surface area contributed by atoms with E-state index in [1.807, 2.05) is 30.0 Å². The number of nitrogens with zero attached hydrogens (tertiary/aromatic N) is 3. The van der Waals surface area contributed by atoms with Crippen molar-refractivity contribution in [3.8, 4) is 22.1 Å². The molecule has 6 nitrogen and oxygen atoms in total. The summed E-state index contributed by atoms with van der Waals surface area (Å²) in [5.41, 5.74) is 3.15. The summed E-state index contributed by atoms with van der Waals surface area (Å²) in [5, 5.41) is 0. The van der Waals surface area contributed by atoms with E-state index >= 15 is 0 Å². The number of amides is 1. The minimum atomic E-state index is -0.497. The second-order valence-corrected chi connectivity index (χ2v) is 11.4. The molecule has 0 radical (unpaired) electrons. The standard InChI is InChI=1S/C31H32FN3O3S/c1-4-19(2)35(20(3)36)18-23-7-9-26(34-17-23)30-16-27-31(39-30)29(11-12-33-27)38-28-10-8-22(15-25(28)32)14-24(37)13-21-5-6-21/h7-12,15-17,19,21H,4-6,13-14,18H2,1-3H3/t19-/m0/s1. The summed E-state index contributed by atoms with van der Waals surface area (Å²) in [7, 11) is 0. The number of halogens is 1. The van der Waals surface area contributed by atoms with Gasteiger partial charge < -0.3 is 9.64 Å². The van der Waals surface area contributed by atoms with Gasteiger partial charge in [-0.25, -0.2) is 4.39 Å². The summed E-state index contributed by atoms with van der Waals surface area (Å²) in [5.74, 6) is 0.840. The highest BCUT2D eigenvalue weighted by molar-refractivity contribution is 7.22. The Morgan fingerprint density at radius 2 is 1.90 bits per heavy atom. The van der Waals surface area contributed by atoms with Gasteiger partial charge in [0.2, 0.25) is 5.91 Å². The van der Waals surface area contributed by atoms with Gasteiger partial charge in [-0.3, -0.25) is 19.6 Å². The van der Waals surface area contributed by atoms with Crippen molar-refractivity contribution in [3.63, 3.8) is 0 Å². The second kappa shape index (κ2) is 11.6. The van der Waals surface area contributed by atoms with E-state index in [4.69, 9.17) is 4.74 Å². The Bertz CT molecular complexity index is 1500. The number of thiophene rings is 1. The highest BCUT2D eigenvalue weighted by Crippen LogP contribution is 2.39. The van der Waals surface area contributed by atoms with Gasteiger partial charge in [0.25, 0.3) is 0 Å². The first kappa shape index (κ1) is 26.9. The molecule has 4 aromatic rings. The van der Waals surface area contributed by atoms with Crippen LogP contribution in [0, 0.1) is 11.7 Å². The van der Waals surface area contributed by atoms with Crippen LogP contribution in [0.15, 0.2) is 54.9 Å². The molecule has 1 fully saturated rings. The molecule has 0 N–H and O–H groups in total. The van der Waals surface area contributed by atoms with E-state index in [0.717, 1.165) is 45.6 Å². The zero-order valence-corrected chi connectivity index (χ0v) is 23.3. The Kier molecular flexibility index (Phi) is 8.02. The number of ether oxygens (including phenoxy) is 1. The van der Waals surface area contributed by atoms with Crippen molar-refractivity contribution in [2.24, 2.45) is 5.92 Å². The summed E-state index contributed by atoms with van der Waals surface area (Å²) in [4.78, 5) is 36.1. The maximum Gasteiger partial charge on any atom is 0.219 e. The van der Waals surface area contributed by atoms with Crippen LogP contribution in [0.5, 0.6) is 11.5 Å². The van der Waals surface area contributed by atoms with Gasteiger partial charge in [-0.1, -0.05) is 19.1 Å². The summed E-state index contributed by atoms with van der Waals surface area (Å²) in [6, 6.07) is 12.5.